The van der Waals surface area contributed by atoms with E-state index in [1.54, 1.807) is 24.2 Å². The molecule has 0 aliphatic carbocycles. The molecule has 0 aliphatic heterocycles. The molecule has 0 aliphatic rings. The number of carbonyl (C=O) groups excluding carboxylic acids is 1. The molecule has 0 aromatic carbocycles. The van der Waals surface area contributed by atoms with Gasteiger partial charge in [0, 0.05) is 23.0 Å². The van der Waals surface area contributed by atoms with Gasteiger partial charge in [0.15, 0.2) is 5.16 Å². The molecule has 0 bridgehead atoms. The summed E-state index contributed by atoms with van der Waals surface area (Å²) in [6.07, 6.45) is 3.52. The molecule has 17 heavy (non-hydrogen) atoms. The van der Waals surface area contributed by atoms with E-state index in [2.05, 4.69) is 9.97 Å². The minimum atomic E-state index is -0.271. The Kier molecular flexibility index (Phi) is 3.86. The molecule has 0 saturated carbocycles. The summed E-state index contributed by atoms with van der Waals surface area (Å²) < 4.78 is 4.70. The topological polar surface area (TPSA) is 55.0 Å². The molecule has 4 nitrogen and oxygen atoms in total. The van der Waals surface area contributed by atoms with Crippen molar-refractivity contribution >= 4 is 29.1 Å². The number of hydrogen-bond donors (Lipinski definition) is 1. The van der Waals surface area contributed by atoms with Crippen LogP contribution in [0, 0.1) is 6.92 Å². The Morgan fingerprint density at radius 1 is 1.65 bits per heavy atom. The number of aromatic amines is 1. The van der Waals surface area contributed by atoms with Gasteiger partial charge in [-0.05, 0) is 18.6 Å². The van der Waals surface area contributed by atoms with Crippen molar-refractivity contribution in [3.63, 3.8) is 0 Å². The van der Waals surface area contributed by atoms with Crippen molar-refractivity contribution in [2.45, 2.75) is 17.8 Å². The maximum Gasteiger partial charge on any atom is 0.348 e. The van der Waals surface area contributed by atoms with Gasteiger partial charge in [-0.3, -0.25) is 0 Å². The summed E-state index contributed by atoms with van der Waals surface area (Å²) in [4.78, 5) is 20.3. The molecule has 0 amide bonds. The number of thiophene rings is 1. The van der Waals surface area contributed by atoms with Crippen LogP contribution in [-0.2, 0) is 10.5 Å². The Labute approximate surface area is 107 Å². The second-order valence-corrected chi connectivity index (χ2v) is 5.59. The first-order valence-corrected chi connectivity index (χ1v) is 6.80. The van der Waals surface area contributed by atoms with E-state index in [-0.39, 0.29) is 5.97 Å². The number of aryl methyl sites for hydroxylation is 1. The second kappa shape index (κ2) is 5.37. The fourth-order valence-electron chi connectivity index (χ4n) is 1.34. The molecule has 90 valence electrons. The van der Waals surface area contributed by atoms with Crippen molar-refractivity contribution in [2.75, 3.05) is 7.11 Å². The summed E-state index contributed by atoms with van der Waals surface area (Å²) in [5.74, 6) is 0.527. The summed E-state index contributed by atoms with van der Waals surface area (Å²) in [5, 5.41) is 0.884. The lowest BCUT2D eigenvalue weighted by atomic mass is 10.3. The van der Waals surface area contributed by atoms with Gasteiger partial charge in [-0.25, -0.2) is 9.78 Å². The highest BCUT2D eigenvalue weighted by Crippen LogP contribution is 2.27. The Balaban J connectivity index is 2.06. The van der Waals surface area contributed by atoms with Crippen molar-refractivity contribution < 1.29 is 9.53 Å². The molecule has 6 heteroatoms. The molecule has 1 N–H and O–H groups in total. The zero-order valence-corrected chi connectivity index (χ0v) is 11.2. The lowest BCUT2D eigenvalue weighted by molar-refractivity contribution is 0.0606. The van der Waals surface area contributed by atoms with Crippen LogP contribution >= 0.6 is 23.1 Å². The molecule has 0 unspecified atom stereocenters. The number of rotatable bonds is 4. The normalized spacial score (nSPS) is 10.5. The Morgan fingerprint density at radius 3 is 3.12 bits per heavy atom. The predicted molar refractivity (Wildman–Crippen MR) is 68.5 cm³/mol. The van der Waals surface area contributed by atoms with E-state index < -0.39 is 0 Å². The van der Waals surface area contributed by atoms with E-state index in [4.69, 9.17) is 4.74 Å². The van der Waals surface area contributed by atoms with Gasteiger partial charge in [-0.2, -0.15) is 0 Å². The number of carbonyl (C=O) groups is 1. The minimum Gasteiger partial charge on any atom is -0.465 e. The molecule has 0 atom stereocenters. The minimum absolute atomic E-state index is 0.271. The number of aromatic nitrogens is 2. The average Bonchev–Trinajstić information content (AvgIpc) is 2.95. The lowest BCUT2D eigenvalue weighted by Gasteiger charge is -1.96. The number of methoxy groups -OCH3 is 1. The number of nitrogens with zero attached hydrogens (tertiary/aromatic N) is 1. The van der Waals surface area contributed by atoms with Crippen LogP contribution in [-0.4, -0.2) is 23.0 Å². The first-order chi connectivity index (χ1) is 8.20. The second-order valence-electron chi connectivity index (χ2n) is 3.37. The quantitative estimate of drug-likeness (QED) is 0.684. The van der Waals surface area contributed by atoms with Crippen LogP contribution in [0.15, 0.2) is 23.6 Å². The van der Waals surface area contributed by atoms with Gasteiger partial charge < -0.3 is 9.72 Å². The van der Waals surface area contributed by atoms with E-state index in [9.17, 15) is 4.79 Å². The average molecular weight is 268 g/mol. The van der Waals surface area contributed by atoms with Crippen molar-refractivity contribution in [3.05, 3.63) is 33.8 Å². The van der Waals surface area contributed by atoms with Gasteiger partial charge in [0.2, 0.25) is 0 Å². The number of imidazole rings is 1. The van der Waals surface area contributed by atoms with E-state index in [0.29, 0.717) is 4.88 Å². The van der Waals surface area contributed by atoms with E-state index in [1.165, 1.54) is 18.4 Å². The molecule has 0 fully saturated rings. The zero-order valence-electron chi connectivity index (χ0n) is 9.52. The standard InChI is InChI=1S/C11H12N2O2S2/c1-7-8(5-9(17-7)10(14)15-2)6-16-11-12-3-4-13-11/h3-5H,6H2,1-2H3,(H,12,13). The van der Waals surface area contributed by atoms with Crippen LogP contribution in [0.25, 0.3) is 0 Å². The van der Waals surface area contributed by atoms with Gasteiger partial charge in [0.05, 0.1) is 7.11 Å². The van der Waals surface area contributed by atoms with Gasteiger partial charge in [0.25, 0.3) is 0 Å². The number of thioether (sulfide) groups is 1. The molecule has 2 aromatic heterocycles. The van der Waals surface area contributed by atoms with E-state index in [0.717, 1.165) is 21.3 Å². The maximum absolute atomic E-state index is 11.4. The third-order valence-corrected chi connectivity index (χ3v) is 4.27. The highest BCUT2D eigenvalue weighted by atomic mass is 32.2. The molecule has 0 spiro atoms. The highest BCUT2D eigenvalue weighted by molar-refractivity contribution is 7.98. The predicted octanol–water partition coefficient (Wildman–Crippen LogP) is 2.86. The highest BCUT2D eigenvalue weighted by Gasteiger charge is 2.12. The largest absolute Gasteiger partial charge is 0.465 e. The maximum atomic E-state index is 11.4. The third kappa shape index (κ3) is 2.89. The van der Waals surface area contributed by atoms with Crippen LogP contribution < -0.4 is 0 Å². The van der Waals surface area contributed by atoms with Crippen LogP contribution in [0.5, 0.6) is 0 Å². The summed E-state index contributed by atoms with van der Waals surface area (Å²) >= 11 is 3.08. The number of hydrogen-bond acceptors (Lipinski definition) is 5. The molecule has 2 aromatic rings. The van der Waals surface area contributed by atoms with E-state index in [1.807, 2.05) is 13.0 Å². The summed E-state index contributed by atoms with van der Waals surface area (Å²) in [6, 6.07) is 1.89. The lowest BCUT2D eigenvalue weighted by Crippen LogP contribution is -1.97. The number of esters is 1. The van der Waals surface area contributed by atoms with Crippen LogP contribution in [0.3, 0.4) is 0 Å². The van der Waals surface area contributed by atoms with Crippen LogP contribution in [0.1, 0.15) is 20.1 Å². The fourth-order valence-corrected chi connectivity index (χ4v) is 3.27. The van der Waals surface area contributed by atoms with Crippen LogP contribution in [0.4, 0.5) is 0 Å². The number of ether oxygens (including phenoxy) is 1. The smallest absolute Gasteiger partial charge is 0.348 e. The molecule has 0 saturated heterocycles. The van der Waals surface area contributed by atoms with Crippen LogP contribution in [0.2, 0.25) is 0 Å². The first-order valence-electron chi connectivity index (χ1n) is 5.00. The summed E-state index contributed by atoms with van der Waals surface area (Å²) in [7, 11) is 1.40. The number of H-pyrrole nitrogens is 1. The third-order valence-electron chi connectivity index (χ3n) is 2.24. The Hall–Kier alpha value is -1.27. The van der Waals surface area contributed by atoms with Crippen molar-refractivity contribution in [3.8, 4) is 0 Å². The monoisotopic (exact) mass is 268 g/mol. The molecular formula is C11H12N2O2S2. The number of nitrogens with one attached hydrogen (secondary N) is 1. The molecule has 2 heterocycles. The molecule has 2 rings (SSSR count). The zero-order chi connectivity index (χ0) is 12.3. The first kappa shape index (κ1) is 12.2. The van der Waals surface area contributed by atoms with Gasteiger partial charge in [-0.1, -0.05) is 11.8 Å². The summed E-state index contributed by atoms with van der Waals surface area (Å²) in [5.41, 5.74) is 1.15. The Bertz CT molecular complexity index is 506. The van der Waals surface area contributed by atoms with Gasteiger partial charge in [-0.15, -0.1) is 11.3 Å². The van der Waals surface area contributed by atoms with Crippen molar-refractivity contribution in [1.29, 1.82) is 0 Å². The van der Waals surface area contributed by atoms with E-state index >= 15 is 0 Å². The fraction of sp³-hybridized carbons (Fsp3) is 0.273. The Morgan fingerprint density at radius 2 is 2.47 bits per heavy atom. The van der Waals surface area contributed by atoms with Crippen molar-refractivity contribution in [2.24, 2.45) is 0 Å². The van der Waals surface area contributed by atoms with Gasteiger partial charge >= 0.3 is 5.97 Å². The molecular weight excluding hydrogens is 256 g/mol. The van der Waals surface area contributed by atoms with Crippen molar-refractivity contribution in [1.82, 2.24) is 9.97 Å². The molecule has 0 radical (unpaired) electrons. The van der Waals surface area contributed by atoms with Gasteiger partial charge in [0.1, 0.15) is 4.88 Å². The SMILES string of the molecule is COC(=O)c1cc(CSc2ncc[nH]2)c(C)s1. The summed E-state index contributed by atoms with van der Waals surface area (Å²) in [6.45, 7) is 2.01.